The number of thiol groups is 1. The first kappa shape index (κ1) is 25.7. The van der Waals surface area contributed by atoms with Crippen LogP contribution in [0.4, 0.5) is 0 Å². The molecule has 1 fully saturated rings. The predicted molar refractivity (Wildman–Crippen MR) is 135 cm³/mol. The minimum atomic E-state index is -0.722. The maximum absolute atomic E-state index is 13.4. The van der Waals surface area contributed by atoms with Crippen LogP contribution in [-0.4, -0.2) is 56.9 Å². The van der Waals surface area contributed by atoms with Crippen molar-refractivity contribution < 1.29 is 14.7 Å². The molecule has 1 aliphatic rings. The summed E-state index contributed by atoms with van der Waals surface area (Å²) in [5.74, 6) is -0.446. The molecule has 1 aromatic heterocycles. The van der Waals surface area contributed by atoms with E-state index in [9.17, 15) is 14.7 Å². The molecule has 7 nitrogen and oxygen atoms in total. The number of aromatic nitrogens is 1. The van der Waals surface area contributed by atoms with Crippen LogP contribution in [0.1, 0.15) is 45.4 Å². The quantitative estimate of drug-likeness (QED) is 0.354. The Morgan fingerprint density at radius 2 is 1.97 bits per heavy atom. The largest absolute Gasteiger partial charge is 0.391 e. The second-order valence-corrected chi connectivity index (χ2v) is 11.3. The summed E-state index contributed by atoms with van der Waals surface area (Å²) in [5, 5.41) is 16.2. The highest BCUT2D eigenvalue weighted by atomic mass is 32.1. The van der Waals surface area contributed by atoms with Gasteiger partial charge in [-0.2, -0.15) is 12.6 Å². The van der Waals surface area contributed by atoms with Crippen LogP contribution in [0.15, 0.2) is 29.8 Å². The zero-order chi connectivity index (χ0) is 24.3. The predicted octanol–water partition coefficient (Wildman–Crippen LogP) is 2.98. The number of likely N-dealkylation sites (tertiary alicyclic amines) is 1. The maximum Gasteiger partial charge on any atom is 0.243 e. The average Bonchev–Trinajstić information content (AvgIpc) is 3.35. The smallest absolute Gasteiger partial charge is 0.243 e. The minimum absolute atomic E-state index is 0.148. The Labute approximate surface area is 205 Å². The van der Waals surface area contributed by atoms with Crippen molar-refractivity contribution in [2.45, 2.75) is 71.1 Å². The highest BCUT2D eigenvalue weighted by Crippen LogP contribution is 2.28. The van der Waals surface area contributed by atoms with Gasteiger partial charge in [0.1, 0.15) is 6.04 Å². The number of thiazole rings is 1. The number of rotatable bonds is 7. The van der Waals surface area contributed by atoms with E-state index in [-0.39, 0.29) is 35.6 Å². The first-order valence-electron chi connectivity index (χ1n) is 11.2. The van der Waals surface area contributed by atoms with Gasteiger partial charge in [-0.1, -0.05) is 45.0 Å². The number of nitrogens with zero attached hydrogens (tertiary/aromatic N) is 2. The molecule has 0 aliphatic carbocycles. The molecule has 1 saturated heterocycles. The van der Waals surface area contributed by atoms with Crippen LogP contribution in [0, 0.1) is 12.3 Å². The van der Waals surface area contributed by atoms with Crippen molar-refractivity contribution >= 4 is 35.8 Å². The number of hydrogen-bond acceptors (Lipinski definition) is 7. The number of carbonyl (C=O) groups excluding carboxylic acids is 2. The van der Waals surface area contributed by atoms with Crippen LogP contribution in [-0.2, 0) is 16.1 Å². The van der Waals surface area contributed by atoms with Crippen LogP contribution in [0.3, 0.4) is 0 Å². The van der Waals surface area contributed by atoms with Crippen molar-refractivity contribution in [2.24, 2.45) is 5.41 Å². The molecule has 0 spiro atoms. The molecule has 2 heterocycles. The second kappa shape index (κ2) is 10.5. The van der Waals surface area contributed by atoms with E-state index in [0.29, 0.717) is 6.54 Å². The third-order valence-electron chi connectivity index (χ3n) is 5.81. The first-order chi connectivity index (χ1) is 15.5. The Morgan fingerprint density at radius 3 is 2.52 bits per heavy atom. The molecule has 3 rings (SSSR count). The molecule has 33 heavy (non-hydrogen) atoms. The fraction of sp³-hybridized carbons (Fsp3) is 0.542. The average molecular weight is 491 g/mol. The zero-order valence-electron chi connectivity index (χ0n) is 19.8. The van der Waals surface area contributed by atoms with Crippen molar-refractivity contribution in [1.82, 2.24) is 20.5 Å². The fourth-order valence-corrected chi connectivity index (χ4v) is 5.03. The first-order valence-corrected chi connectivity index (χ1v) is 12.6. The standard InChI is InChI=1S/C24H34N4O3S2/c1-14-20(33-13-26-14)17-8-6-16(7-9-17)11-25-22(30)19-10-18(29)12-28(19)23(31)21(24(3,4)5)27-15(2)32/h6-9,13,15,18-19,21,27,29,32H,10-12H2,1-5H3,(H,25,30)/t15?,18-,19+,21-/m1/s1. The van der Waals surface area contributed by atoms with Crippen LogP contribution in [0.5, 0.6) is 0 Å². The summed E-state index contributed by atoms with van der Waals surface area (Å²) in [5.41, 5.74) is 4.52. The number of hydrogen-bond donors (Lipinski definition) is 4. The molecular weight excluding hydrogens is 456 g/mol. The number of benzene rings is 1. The number of aliphatic hydroxyl groups is 1. The van der Waals surface area contributed by atoms with Gasteiger partial charge in [-0.25, -0.2) is 4.98 Å². The van der Waals surface area contributed by atoms with Gasteiger partial charge in [0.2, 0.25) is 11.8 Å². The number of β-amino-alcohol motifs (C(OH)–C–C–N with tert-alkyl or cyclic N) is 1. The van der Waals surface area contributed by atoms with E-state index < -0.39 is 18.2 Å². The number of aryl methyl sites for hydroxylation is 1. The number of carbonyl (C=O) groups is 2. The summed E-state index contributed by atoms with van der Waals surface area (Å²) in [6.45, 7) is 10.3. The Morgan fingerprint density at radius 1 is 1.30 bits per heavy atom. The highest BCUT2D eigenvalue weighted by Gasteiger charge is 2.44. The van der Waals surface area contributed by atoms with Gasteiger partial charge in [0, 0.05) is 24.9 Å². The van der Waals surface area contributed by atoms with Crippen LogP contribution in [0.25, 0.3) is 10.4 Å². The van der Waals surface area contributed by atoms with Crippen LogP contribution < -0.4 is 10.6 Å². The SMILES string of the molecule is Cc1ncsc1-c1ccc(CNC(=O)[C@@H]2C[C@@H](O)CN2C(=O)[C@@H](NC(C)S)C(C)(C)C)cc1. The lowest BCUT2D eigenvalue weighted by Crippen LogP contribution is -2.57. The highest BCUT2D eigenvalue weighted by molar-refractivity contribution is 7.80. The van der Waals surface area contributed by atoms with Gasteiger partial charge >= 0.3 is 0 Å². The van der Waals surface area contributed by atoms with E-state index in [4.69, 9.17) is 0 Å². The third kappa shape index (κ3) is 6.35. The lowest BCUT2D eigenvalue weighted by atomic mass is 9.85. The third-order valence-corrected chi connectivity index (χ3v) is 6.94. The molecule has 1 unspecified atom stereocenters. The molecule has 180 valence electrons. The Bertz CT molecular complexity index is 969. The second-order valence-electron chi connectivity index (χ2n) is 9.72. The summed E-state index contributed by atoms with van der Waals surface area (Å²) in [6, 6.07) is 6.79. The Hall–Kier alpha value is -1.94. The molecule has 2 aromatic rings. The molecule has 1 aromatic carbocycles. The lowest BCUT2D eigenvalue weighted by Gasteiger charge is -2.36. The van der Waals surface area contributed by atoms with Gasteiger partial charge in [-0.15, -0.1) is 11.3 Å². The van der Waals surface area contributed by atoms with E-state index in [2.05, 4.69) is 28.2 Å². The maximum atomic E-state index is 13.4. The Balaban J connectivity index is 1.66. The molecule has 0 bridgehead atoms. The van der Waals surface area contributed by atoms with E-state index in [1.165, 1.54) is 4.90 Å². The molecule has 0 radical (unpaired) electrons. The van der Waals surface area contributed by atoms with Crippen molar-refractivity contribution in [2.75, 3.05) is 6.54 Å². The fourth-order valence-electron chi connectivity index (χ4n) is 4.06. The van der Waals surface area contributed by atoms with Gasteiger partial charge in [0.25, 0.3) is 0 Å². The molecule has 1 aliphatic heterocycles. The van der Waals surface area contributed by atoms with E-state index in [0.717, 1.165) is 21.7 Å². The van der Waals surface area contributed by atoms with E-state index in [1.807, 2.05) is 64.4 Å². The molecular formula is C24H34N4O3S2. The monoisotopic (exact) mass is 490 g/mol. The van der Waals surface area contributed by atoms with Gasteiger partial charge in [0.05, 0.1) is 28.2 Å². The minimum Gasteiger partial charge on any atom is -0.391 e. The Kier molecular flexibility index (Phi) is 8.21. The molecule has 4 atom stereocenters. The van der Waals surface area contributed by atoms with Crippen LogP contribution in [0.2, 0.25) is 0 Å². The summed E-state index contributed by atoms with van der Waals surface area (Å²) in [4.78, 5) is 33.3. The number of aliphatic hydroxyl groups excluding tert-OH is 1. The normalized spacial score (nSPS) is 20.5. The summed E-state index contributed by atoms with van der Waals surface area (Å²) in [7, 11) is 0. The van der Waals surface area contributed by atoms with Gasteiger partial charge < -0.3 is 15.3 Å². The van der Waals surface area contributed by atoms with Gasteiger partial charge in [0.15, 0.2) is 0 Å². The van der Waals surface area contributed by atoms with Crippen molar-refractivity contribution in [3.05, 3.63) is 41.0 Å². The van der Waals surface area contributed by atoms with Crippen LogP contribution >= 0.6 is 24.0 Å². The molecule has 0 saturated carbocycles. The summed E-state index contributed by atoms with van der Waals surface area (Å²) >= 11 is 5.98. The molecule has 2 amide bonds. The van der Waals surface area contributed by atoms with Crippen molar-refractivity contribution in [3.8, 4) is 10.4 Å². The van der Waals surface area contributed by atoms with E-state index >= 15 is 0 Å². The number of nitrogens with one attached hydrogen (secondary N) is 2. The summed E-state index contributed by atoms with van der Waals surface area (Å²) < 4.78 is 0. The van der Waals surface area contributed by atoms with Gasteiger partial charge in [-0.05, 0) is 30.4 Å². The summed E-state index contributed by atoms with van der Waals surface area (Å²) in [6.07, 6.45) is -0.491. The van der Waals surface area contributed by atoms with Gasteiger partial charge in [-0.3, -0.25) is 14.9 Å². The lowest BCUT2D eigenvalue weighted by molar-refractivity contribution is -0.142. The topological polar surface area (TPSA) is 94.6 Å². The van der Waals surface area contributed by atoms with Crippen molar-refractivity contribution in [1.29, 1.82) is 0 Å². The zero-order valence-corrected chi connectivity index (χ0v) is 21.5. The number of amides is 2. The van der Waals surface area contributed by atoms with Crippen molar-refractivity contribution in [3.63, 3.8) is 0 Å². The van der Waals surface area contributed by atoms with E-state index in [1.54, 1.807) is 11.3 Å². The molecule has 9 heteroatoms. The molecule has 3 N–H and O–H groups in total.